The number of nitrogens with one attached hydrogen (secondary N) is 1. The lowest BCUT2D eigenvalue weighted by atomic mass is 10.2. The predicted octanol–water partition coefficient (Wildman–Crippen LogP) is 2.79. The van der Waals surface area contributed by atoms with Crippen LogP contribution in [0.15, 0.2) is 58.8 Å². The van der Waals surface area contributed by atoms with E-state index in [2.05, 4.69) is 20.4 Å². The average molecular weight is 452 g/mol. The molecule has 2 amide bonds. The van der Waals surface area contributed by atoms with Crippen LogP contribution in [0.5, 0.6) is 5.88 Å². The van der Waals surface area contributed by atoms with Gasteiger partial charge in [0.05, 0.1) is 30.3 Å². The van der Waals surface area contributed by atoms with E-state index in [1.165, 1.54) is 24.3 Å². The monoisotopic (exact) mass is 452 g/mol. The van der Waals surface area contributed by atoms with Crippen LogP contribution >= 0.6 is 0 Å². The number of hydrogen-bond donors (Lipinski definition) is 2. The van der Waals surface area contributed by atoms with E-state index in [0.29, 0.717) is 43.9 Å². The number of ether oxygens (including phenoxy) is 1. The molecule has 4 rings (SSSR count). The van der Waals surface area contributed by atoms with E-state index in [4.69, 9.17) is 4.74 Å². The van der Waals surface area contributed by atoms with E-state index in [0.717, 1.165) is 0 Å². The van der Waals surface area contributed by atoms with Crippen molar-refractivity contribution in [1.82, 2.24) is 9.47 Å². The molecule has 0 aliphatic carbocycles. The molecule has 0 spiro atoms. The zero-order valence-corrected chi connectivity index (χ0v) is 17.4. The molecule has 1 aromatic heterocycles. The summed E-state index contributed by atoms with van der Waals surface area (Å²) >= 11 is 0. The lowest BCUT2D eigenvalue weighted by Gasteiger charge is -2.27. The standard InChI is InChI=1S/C21H20N6O6/c28-19(22-14-5-7-15(8-6-14)27(31)32)20(29)24-23-18-16-3-1-2-4-17(16)26(21(18)30)13-25-9-11-33-12-10-25/h1-8,30H,9-13H2,(H,22,28). The van der Waals surface area contributed by atoms with Gasteiger partial charge in [0.1, 0.15) is 0 Å². The Bertz CT molecular complexity index is 1230. The summed E-state index contributed by atoms with van der Waals surface area (Å²) in [6.07, 6.45) is 0. The van der Waals surface area contributed by atoms with Crippen molar-refractivity contribution in [2.75, 3.05) is 31.6 Å². The summed E-state index contributed by atoms with van der Waals surface area (Å²) in [5.74, 6) is -2.42. The van der Waals surface area contributed by atoms with Gasteiger partial charge in [0, 0.05) is 36.3 Å². The molecule has 2 aromatic carbocycles. The summed E-state index contributed by atoms with van der Waals surface area (Å²) < 4.78 is 7.02. The number of aromatic nitrogens is 1. The second-order valence-corrected chi connectivity index (χ2v) is 7.25. The Labute approximate surface area is 187 Å². The Morgan fingerprint density at radius 2 is 1.82 bits per heavy atom. The summed E-state index contributed by atoms with van der Waals surface area (Å²) in [5, 5.41) is 31.7. The van der Waals surface area contributed by atoms with Crippen LogP contribution in [0.3, 0.4) is 0 Å². The Morgan fingerprint density at radius 3 is 2.52 bits per heavy atom. The molecule has 0 bridgehead atoms. The number of fused-ring (bicyclic) bond motifs is 1. The minimum Gasteiger partial charge on any atom is -0.493 e. The summed E-state index contributed by atoms with van der Waals surface area (Å²) in [6.45, 7) is 3.03. The van der Waals surface area contributed by atoms with Crippen molar-refractivity contribution in [1.29, 1.82) is 0 Å². The van der Waals surface area contributed by atoms with Crippen LogP contribution in [-0.2, 0) is 21.0 Å². The summed E-state index contributed by atoms with van der Waals surface area (Å²) in [4.78, 5) is 36.5. The molecule has 0 radical (unpaired) electrons. The van der Waals surface area contributed by atoms with Gasteiger partial charge in [-0.15, -0.1) is 10.2 Å². The van der Waals surface area contributed by atoms with E-state index in [1.807, 2.05) is 12.1 Å². The Hall–Kier alpha value is -4.16. The highest BCUT2D eigenvalue weighted by Gasteiger charge is 2.21. The van der Waals surface area contributed by atoms with Crippen LogP contribution in [-0.4, -0.2) is 57.6 Å². The first kappa shape index (κ1) is 22.0. The van der Waals surface area contributed by atoms with Crippen LogP contribution < -0.4 is 5.32 Å². The molecule has 0 saturated carbocycles. The van der Waals surface area contributed by atoms with Gasteiger partial charge in [-0.05, 0) is 18.2 Å². The normalized spacial score (nSPS) is 14.5. The number of nitrogens with zero attached hydrogens (tertiary/aromatic N) is 5. The van der Waals surface area contributed by atoms with Gasteiger partial charge in [0.2, 0.25) is 5.88 Å². The zero-order chi connectivity index (χ0) is 23.4. The van der Waals surface area contributed by atoms with Crippen molar-refractivity contribution < 1.29 is 24.4 Å². The minimum absolute atomic E-state index is 0.0790. The molecular formula is C21H20N6O6. The second-order valence-electron chi connectivity index (χ2n) is 7.25. The fourth-order valence-electron chi connectivity index (χ4n) is 3.45. The second kappa shape index (κ2) is 9.54. The molecule has 3 aromatic rings. The van der Waals surface area contributed by atoms with Crippen LogP contribution in [0.1, 0.15) is 0 Å². The van der Waals surface area contributed by atoms with E-state index in [1.54, 1.807) is 16.7 Å². The van der Waals surface area contributed by atoms with Crippen molar-refractivity contribution in [3.8, 4) is 5.88 Å². The molecule has 1 saturated heterocycles. The SMILES string of the molecule is O=C(N=Nc1c(O)n(CN2CCOCC2)c2ccccc12)C(=O)Nc1ccc([N+](=O)[O-])cc1. The van der Waals surface area contributed by atoms with Gasteiger partial charge in [0.15, 0.2) is 5.69 Å². The average Bonchev–Trinajstić information content (AvgIpc) is 3.09. The first-order valence-corrected chi connectivity index (χ1v) is 10.1. The fraction of sp³-hybridized carbons (Fsp3) is 0.238. The summed E-state index contributed by atoms with van der Waals surface area (Å²) in [5.41, 5.74) is 0.829. The van der Waals surface area contributed by atoms with Crippen LogP contribution in [0.25, 0.3) is 10.9 Å². The van der Waals surface area contributed by atoms with Crippen molar-refractivity contribution in [3.63, 3.8) is 0 Å². The molecule has 33 heavy (non-hydrogen) atoms. The molecule has 170 valence electrons. The number of carbonyl (C=O) groups is 2. The lowest BCUT2D eigenvalue weighted by Crippen LogP contribution is -2.37. The van der Waals surface area contributed by atoms with E-state index in [9.17, 15) is 24.8 Å². The third kappa shape index (κ3) is 4.86. The van der Waals surface area contributed by atoms with Gasteiger partial charge in [-0.3, -0.25) is 29.2 Å². The number of aromatic hydroxyl groups is 1. The van der Waals surface area contributed by atoms with E-state index in [-0.39, 0.29) is 22.9 Å². The molecular weight excluding hydrogens is 432 g/mol. The van der Waals surface area contributed by atoms with Gasteiger partial charge < -0.3 is 15.2 Å². The minimum atomic E-state index is -1.18. The van der Waals surface area contributed by atoms with E-state index >= 15 is 0 Å². The number of hydrogen-bond acceptors (Lipinski definition) is 8. The first-order valence-electron chi connectivity index (χ1n) is 10.1. The van der Waals surface area contributed by atoms with Gasteiger partial charge in [-0.2, -0.15) is 0 Å². The number of benzene rings is 2. The lowest BCUT2D eigenvalue weighted by molar-refractivity contribution is -0.384. The number of non-ortho nitro benzene ring substituents is 1. The number of azo groups is 1. The van der Waals surface area contributed by atoms with E-state index < -0.39 is 16.7 Å². The van der Waals surface area contributed by atoms with Crippen LogP contribution in [0.4, 0.5) is 17.1 Å². The number of amides is 2. The maximum absolute atomic E-state index is 12.2. The molecule has 2 N–H and O–H groups in total. The first-order chi connectivity index (χ1) is 15.9. The van der Waals surface area contributed by atoms with Gasteiger partial charge >= 0.3 is 11.8 Å². The molecule has 12 heteroatoms. The van der Waals surface area contributed by atoms with Crippen molar-refractivity contribution in [3.05, 3.63) is 58.6 Å². The molecule has 12 nitrogen and oxygen atoms in total. The molecule has 2 heterocycles. The smallest absolute Gasteiger partial charge is 0.353 e. The van der Waals surface area contributed by atoms with Crippen molar-refractivity contribution >= 4 is 39.8 Å². The number of carbonyl (C=O) groups excluding carboxylic acids is 2. The number of anilines is 1. The van der Waals surface area contributed by atoms with Crippen molar-refractivity contribution in [2.45, 2.75) is 6.67 Å². The molecule has 1 fully saturated rings. The zero-order valence-electron chi connectivity index (χ0n) is 17.4. The highest BCUT2D eigenvalue weighted by molar-refractivity contribution is 6.40. The number of nitro groups is 1. The largest absolute Gasteiger partial charge is 0.493 e. The number of para-hydroxylation sites is 1. The summed E-state index contributed by atoms with van der Waals surface area (Å²) in [7, 11) is 0. The third-order valence-corrected chi connectivity index (χ3v) is 5.13. The number of morpholine rings is 1. The Balaban J connectivity index is 1.52. The fourth-order valence-corrected chi connectivity index (χ4v) is 3.45. The maximum atomic E-state index is 12.2. The number of rotatable bonds is 5. The topological polar surface area (TPSA) is 152 Å². The Morgan fingerprint density at radius 1 is 1.12 bits per heavy atom. The highest BCUT2D eigenvalue weighted by atomic mass is 16.6. The molecule has 0 atom stereocenters. The van der Waals surface area contributed by atoms with Gasteiger partial charge in [0.25, 0.3) is 5.69 Å². The molecule has 0 unspecified atom stereocenters. The van der Waals surface area contributed by atoms with Gasteiger partial charge in [-0.1, -0.05) is 18.2 Å². The van der Waals surface area contributed by atoms with Crippen LogP contribution in [0, 0.1) is 10.1 Å². The quantitative estimate of drug-likeness (QED) is 0.261. The van der Waals surface area contributed by atoms with Crippen molar-refractivity contribution in [2.24, 2.45) is 10.2 Å². The predicted molar refractivity (Wildman–Crippen MR) is 117 cm³/mol. The third-order valence-electron chi connectivity index (χ3n) is 5.13. The summed E-state index contributed by atoms with van der Waals surface area (Å²) in [6, 6.07) is 12.1. The molecule has 1 aliphatic rings. The highest BCUT2D eigenvalue weighted by Crippen LogP contribution is 2.39. The Kier molecular flexibility index (Phi) is 6.38. The van der Waals surface area contributed by atoms with Gasteiger partial charge in [-0.25, -0.2) is 0 Å². The molecule has 1 aliphatic heterocycles. The number of nitro benzene ring substituents is 1. The van der Waals surface area contributed by atoms with Crippen LogP contribution in [0.2, 0.25) is 0 Å². The maximum Gasteiger partial charge on any atom is 0.353 e.